The number of aliphatic hydroxyl groups excluding tert-OH is 1. The third-order valence-corrected chi connectivity index (χ3v) is 3.62. The number of nitrogens with zero attached hydrogens (tertiary/aromatic N) is 1. The molecule has 0 radical (unpaired) electrons. The third kappa shape index (κ3) is 5.01. The second-order valence-corrected chi connectivity index (χ2v) is 5.44. The monoisotopic (exact) mass is 287 g/mol. The molecule has 0 aliphatic heterocycles. The Morgan fingerprint density at radius 1 is 1.42 bits per heavy atom. The van der Waals surface area contributed by atoms with Gasteiger partial charge in [-0.3, -0.25) is 0 Å². The normalized spacial score (nSPS) is 12.7. The standard InChI is InChI=1S/C14H22FNO2S/c1-16(9-10-19-3)8-7-12(17)14-11(15)5-4-6-13(14)18-2/h4-6,12,17H,7-10H2,1-3H3. The van der Waals surface area contributed by atoms with Crippen molar-refractivity contribution < 1.29 is 14.2 Å². The Morgan fingerprint density at radius 3 is 2.79 bits per heavy atom. The Morgan fingerprint density at radius 2 is 2.16 bits per heavy atom. The van der Waals surface area contributed by atoms with Gasteiger partial charge in [-0.2, -0.15) is 11.8 Å². The van der Waals surface area contributed by atoms with Crippen LogP contribution in [0.2, 0.25) is 0 Å². The average Bonchev–Trinajstić information content (AvgIpc) is 2.42. The predicted octanol–water partition coefficient (Wildman–Crippen LogP) is 2.55. The van der Waals surface area contributed by atoms with Gasteiger partial charge in [-0.15, -0.1) is 0 Å². The van der Waals surface area contributed by atoms with Crippen molar-refractivity contribution >= 4 is 11.8 Å². The molecule has 1 aromatic carbocycles. The van der Waals surface area contributed by atoms with Gasteiger partial charge in [0.15, 0.2) is 0 Å². The van der Waals surface area contributed by atoms with Crippen molar-refractivity contribution in [2.24, 2.45) is 0 Å². The van der Waals surface area contributed by atoms with Gasteiger partial charge in [-0.1, -0.05) is 6.07 Å². The predicted molar refractivity (Wildman–Crippen MR) is 78.4 cm³/mol. The molecule has 1 atom stereocenters. The Labute approximate surface area is 118 Å². The van der Waals surface area contributed by atoms with Gasteiger partial charge in [-0.25, -0.2) is 4.39 Å². The van der Waals surface area contributed by atoms with E-state index in [-0.39, 0.29) is 5.56 Å². The van der Waals surface area contributed by atoms with Gasteiger partial charge in [0.05, 0.1) is 18.8 Å². The molecule has 0 spiro atoms. The molecular weight excluding hydrogens is 265 g/mol. The van der Waals surface area contributed by atoms with E-state index in [0.29, 0.717) is 12.2 Å². The van der Waals surface area contributed by atoms with E-state index in [2.05, 4.69) is 11.2 Å². The van der Waals surface area contributed by atoms with E-state index in [9.17, 15) is 9.50 Å². The highest BCUT2D eigenvalue weighted by molar-refractivity contribution is 7.98. The van der Waals surface area contributed by atoms with Crippen LogP contribution in [0.5, 0.6) is 5.75 Å². The molecule has 0 saturated heterocycles. The topological polar surface area (TPSA) is 32.7 Å². The highest BCUT2D eigenvalue weighted by atomic mass is 32.2. The van der Waals surface area contributed by atoms with Crippen LogP contribution >= 0.6 is 11.8 Å². The van der Waals surface area contributed by atoms with Crippen LogP contribution in [0, 0.1) is 5.82 Å². The van der Waals surface area contributed by atoms with Crippen LogP contribution in [-0.4, -0.2) is 49.3 Å². The number of rotatable bonds is 8. The number of thioether (sulfide) groups is 1. The number of halogens is 1. The average molecular weight is 287 g/mol. The molecule has 5 heteroatoms. The number of methoxy groups -OCH3 is 1. The van der Waals surface area contributed by atoms with Gasteiger partial charge in [-0.05, 0) is 31.9 Å². The lowest BCUT2D eigenvalue weighted by Crippen LogP contribution is -2.24. The zero-order valence-corrected chi connectivity index (χ0v) is 12.5. The first-order valence-electron chi connectivity index (χ1n) is 6.28. The van der Waals surface area contributed by atoms with Gasteiger partial charge in [0.2, 0.25) is 0 Å². The van der Waals surface area contributed by atoms with E-state index in [4.69, 9.17) is 4.74 Å². The minimum atomic E-state index is -0.840. The fourth-order valence-corrected chi connectivity index (χ4v) is 2.36. The number of hydrogen-bond donors (Lipinski definition) is 1. The van der Waals surface area contributed by atoms with Crippen molar-refractivity contribution in [3.8, 4) is 5.75 Å². The van der Waals surface area contributed by atoms with Crippen molar-refractivity contribution in [2.75, 3.05) is 39.3 Å². The Bertz CT molecular complexity index is 390. The summed E-state index contributed by atoms with van der Waals surface area (Å²) in [5.74, 6) is 1.04. The van der Waals surface area contributed by atoms with E-state index >= 15 is 0 Å². The summed E-state index contributed by atoms with van der Waals surface area (Å²) in [6.07, 6.45) is 1.71. The third-order valence-electron chi connectivity index (χ3n) is 3.03. The molecule has 1 unspecified atom stereocenters. The first-order chi connectivity index (χ1) is 9.10. The summed E-state index contributed by atoms with van der Waals surface area (Å²) in [4.78, 5) is 2.13. The zero-order chi connectivity index (χ0) is 14.3. The summed E-state index contributed by atoms with van der Waals surface area (Å²) < 4.78 is 18.9. The van der Waals surface area contributed by atoms with Gasteiger partial charge >= 0.3 is 0 Å². The molecule has 0 aliphatic rings. The summed E-state index contributed by atoms with van der Waals surface area (Å²) in [6.45, 7) is 1.68. The van der Waals surface area contributed by atoms with Crippen LogP contribution in [0.25, 0.3) is 0 Å². The second-order valence-electron chi connectivity index (χ2n) is 4.46. The molecule has 0 heterocycles. The van der Waals surface area contributed by atoms with Gasteiger partial charge in [0.1, 0.15) is 11.6 Å². The Kier molecular flexibility index (Phi) is 7.20. The number of hydrogen-bond acceptors (Lipinski definition) is 4. The summed E-state index contributed by atoms with van der Waals surface area (Å²) in [5, 5.41) is 10.1. The molecule has 19 heavy (non-hydrogen) atoms. The molecule has 1 rings (SSSR count). The number of aliphatic hydroxyl groups is 1. The molecule has 3 nitrogen and oxygen atoms in total. The number of ether oxygens (including phenoxy) is 1. The minimum Gasteiger partial charge on any atom is -0.496 e. The molecule has 0 bridgehead atoms. The molecule has 0 fully saturated rings. The Balaban J connectivity index is 2.60. The quantitative estimate of drug-likeness (QED) is 0.796. The van der Waals surface area contributed by atoms with Crippen LogP contribution in [0.15, 0.2) is 18.2 Å². The van der Waals surface area contributed by atoms with E-state index in [1.807, 2.05) is 7.05 Å². The summed E-state index contributed by atoms with van der Waals surface area (Å²) in [5.41, 5.74) is 0.253. The summed E-state index contributed by atoms with van der Waals surface area (Å²) in [7, 11) is 3.48. The number of benzene rings is 1. The van der Waals surface area contributed by atoms with Crippen LogP contribution in [-0.2, 0) is 0 Å². The van der Waals surface area contributed by atoms with Crippen molar-refractivity contribution in [1.29, 1.82) is 0 Å². The van der Waals surface area contributed by atoms with E-state index in [1.54, 1.807) is 23.9 Å². The molecule has 0 aromatic heterocycles. The lowest BCUT2D eigenvalue weighted by molar-refractivity contribution is 0.143. The van der Waals surface area contributed by atoms with Gasteiger partial charge in [0, 0.05) is 18.8 Å². The summed E-state index contributed by atoms with van der Waals surface area (Å²) >= 11 is 1.78. The van der Waals surface area contributed by atoms with Crippen LogP contribution in [0.1, 0.15) is 18.1 Å². The highest BCUT2D eigenvalue weighted by Gasteiger charge is 2.18. The van der Waals surface area contributed by atoms with Gasteiger partial charge in [0.25, 0.3) is 0 Å². The molecule has 0 amide bonds. The lowest BCUT2D eigenvalue weighted by atomic mass is 10.0. The molecule has 108 valence electrons. The molecule has 0 saturated carbocycles. The maximum atomic E-state index is 13.8. The smallest absolute Gasteiger partial charge is 0.132 e. The van der Waals surface area contributed by atoms with Crippen LogP contribution in [0.3, 0.4) is 0 Å². The van der Waals surface area contributed by atoms with E-state index < -0.39 is 11.9 Å². The maximum absolute atomic E-state index is 13.8. The lowest BCUT2D eigenvalue weighted by Gasteiger charge is -2.20. The van der Waals surface area contributed by atoms with Crippen molar-refractivity contribution in [1.82, 2.24) is 4.90 Å². The van der Waals surface area contributed by atoms with Crippen LogP contribution in [0.4, 0.5) is 4.39 Å². The van der Waals surface area contributed by atoms with E-state index in [1.165, 1.54) is 13.2 Å². The van der Waals surface area contributed by atoms with Crippen molar-refractivity contribution in [3.05, 3.63) is 29.6 Å². The highest BCUT2D eigenvalue weighted by Crippen LogP contribution is 2.29. The first-order valence-corrected chi connectivity index (χ1v) is 7.67. The largest absolute Gasteiger partial charge is 0.496 e. The summed E-state index contributed by atoms with van der Waals surface area (Å²) in [6, 6.07) is 4.59. The van der Waals surface area contributed by atoms with Gasteiger partial charge < -0.3 is 14.7 Å². The first kappa shape index (κ1) is 16.3. The zero-order valence-electron chi connectivity index (χ0n) is 11.7. The molecular formula is C14H22FNO2S. The fraction of sp³-hybridized carbons (Fsp3) is 0.571. The maximum Gasteiger partial charge on any atom is 0.132 e. The second kappa shape index (κ2) is 8.40. The van der Waals surface area contributed by atoms with E-state index in [0.717, 1.165) is 18.8 Å². The SMILES string of the molecule is COc1cccc(F)c1C(O)CCN(C)CCSC. The molecule has 1 aromatic rings. The molecule has 1 N–H and O–H groups in total. The fourth-order valence-electron chi connectivity index (χ4n) is 1.86. The Hall–Kier alpha value is -0.780. The molecule has 0 aliphatic carbocycles. The van der Waals surface area contributed by atoms with Crippen molar-refractivity contribution in [3.63, 3.8) is 0 Å². The van der Waals surface area contributed by atoms with Crippen LogP contribution < -0.4 is 4.74 Å². The minimum absolute atomic E-state index is 0.253. The van der Waals surface area contributed by atoms with Crippen molar-refractivity contribution in [2.45, 2.75) is 12.5 Å².